The molecule has 2 unspecified atom stereocenters. The van der Waals surface area contributed by atoms with Crippen LogP contribution in [-0.2, 0) is 0 Å². The highest BCUT2D eigenvalue weighted by Gasteiger charge is 2.24. The number of hydrogen-bond acceptors (Lipinski definition) is 3. The first-order valence-electron chi connectivity index (χ1n) is 8.27. The van der Waals surface area contributed by atoms with E-state index in [-0.39, 0.29) is 0 Å². The molecule has 21 heavy (non-hydrogen) atoms. The Morgan fingerprint density at radius 1 is 1.38 bits per heavy atom. The van der Waals surface area contributed by atoms with Gasteiger partial charge in [0, 0.05) is 24.2 Å². The van der Waals surface area contributed by atoms with E-state index in [2.05, 4.69) is 49.2 Å². The Bertz CT molecular complexity index is 447. The normalized spacial score (nSPS) is 21.2. The topological polar surface area (TPSA) is 24.5 Å². The predicted octanol–water partition coefficient (Wildman–Crippen LogP) is 3.53. The van der Waals surface area contributed by atoms with Crippen LogP contribution >= 0.6 is 0 Å². The van der Waals surface area contributed by atoms with Crippen LogP contribution in [0.5, 0.6) is 5.75 Å². The second-order valence-electron chi connectivity index (χ2n) is 6.20. The molecule has 118 valence electrons. The summed E-state index contributed by atoms with van der Waals surface area (Å²) in [4.78, 5) is 2.62. The number of methoxy groups -OCH3 is 1. The zero-order valence-electron chi connectivity index (χ0n) is 14.0. The van der Waals surface area contributed by atoms with Crippen molar-refractivity contribution in [2.75, 3.05) is 26.7 Å². The zero-order chi connectivity index (χ0) is 15.2. The van der Waals surface area contributed by atoms with Gasteiger partial charge in [0.1, 0.15) is 5.75 Å². The lowest BCUT2D eigenvalue weighted by atomic mass is 9.98. The van der Waals surface area contributed by atoms with Gasteiger partial charge < -0.3 is 10.1 Å². The average molecular weight is 290 g/mol. The first kappa shape index (κ1) is 16.3. The predicted molar refractivity (Wildman–Crippen MR) is 89.0 cm³/mol. The Kier molecular flexibility index (Phi) is 6.07. The second-order valence-corrected chi connectivity index (χ2v) is 6.20. The number of benzene rings is 1. The maximum absolute atomic E-state index is 5.59. The summed E-state index contributed by atoms with van der Waals surface area (Å²) in [6.45, 7) is 9.94. The maximum Gasteiger partial charge on any atom is 0.123 e. The van der Waals surface area contributed by atoms with Crippen molar-refractivity contribution in [2.45, 2.75) is 52.1 Å². The van der Waals surface area contributed by atoms with Gasteiger partial charge in [-0.25, -0.2) is 0 Å². The largest absolute Gasteiger partial charge is 0.496 e. The lowest BCUT2D eigenvalue weighted by molar-refractivity contribution is 0.144. The van der Waals surface area contributed by atoms with Crippen molar-refractivity contribution >= 4 is 0 Å². The Hall–Kier alpha value is -1.06. The van der Waals surface area contributed by atoms with Crippen molar-refractivity contribution in [1.82, 2.24) is 10.2 Å². The number of hydrogen-bond donors (Lipinski definition) is 1. The molecule has 0 aromatic heterocycles. The van der Waals surface area contributed by atoms with Gasteiger partial charge in [-0.1, -0.05) is 31.0 Å². The molecule has 1 aliphatic heterocycles. The van der Waals surface area contributed by atoms with E-state index in [1.807, 2.05) is 0 Å². The van der Waals surface area contributed by atoms with Gasteiger partial charge in [-0.15, -0.1) is 0 Å². The maximum atomic E-state index is 5.59. The Balaban J connectivity index is 2.19. The van der Waals surface area contributed by atoms with Crippen molar-refractivity contribution in [3.63, 3.8) is 0 Å². The number of nitrogens with one attached hydrogen (secondary N) is 1. The molecular formula is C18H30N2O. The smallest absolute Gasteiger partial charge is 0.123 e. The van der Waals surface area contributed by atoms with Gasteiger partial charge in [-0.3, -0.25) is 4.90 Å². The van der Waals surface area contributed by atoms with Crippen LogP contribution in [0.25, 0.3) is 0 Å². The molecule has 3 nitrogen and oxygen atoms in total. The second kappa shape index (κ2) is 7.81. The summed E-state index contributed by atoms with van der Waals surface area (Å²) < 4.78 is 5.59. The Morgan fingerprint density at radius 2 is 2.19 bits per heavy atom. The number of likely N-dealkylation sites (N-methyl/N-ethyl adjacent to an activating group) is 1. The highest BCUT2D eigenvalue weighted by Crippen LogP contribution is 2.28. The summed E-state index contributed by atoms with van der Waals surface area (Å²) in [6.07, 6.45) is 4.02. The van der Waals surface area contributed by atoms with Gasteiger partial charge in [0.05, 0.1) is 7.11 Å². The number of piperidine rings is 1. The molecular weight excluding hydrogens is 260 g/mol. The van der Waals surface area contributed by atoms with Crippen LogP contribution in [0.3, 0.4) is 0 Å². The first-order valence-corrected chi connectivity index (χ1v) is 8.27. The third-order valence-corrected chi connectivity index (χ3v) is 4.57. The van der Waals surface area contributed by atoms with E-state index in [4.69, 9.17) is 4.74 Å². The summed E-state index contributed by atoms with van der Waals surface area (Å²) in [7, 11) is 1.76. The molecule has 1 saturated heterocycles. The van der Waals surface area contributed by atoms with Gasteiger partial charge in [-0.05, 0) is 45.8 Å². The van der Waals surface area contributed by atoms with Crippen molar-refractivity contribution < 1.29 is 4.74 Å². The van der Waals surface area contributed by atoms with E-state index in [9.17, 15) is 0 Å². The van der Waals surface area contributed by atoms with Gasteiger partial charge in [0.25, 0.3) is 0 Å². The van der Waals surface area contributed by atoms with Gasteiger partial charge in [0.15, 0.2) is 0 Å². The van der Waals surface area contributed by atoms with Gasteiger partial charge >= 0.3 is 0 Å². The number of likely N-dealkylation sites (tertiary alicyclic amines) is 1. The summed E-state index contributed by atoms with van der Waals surface area (Å²) in [6, 6.07) is 7.51. The third kappa shape index (κ3) is 4.21. The molecule has 0 saturated carbocycles. The highest BCUT2D eigenvalue weighted by atomic mass is 16.5. The molecule has 0 bridgehead atoms. The van der Waals surface area contributed by atoms with Gasteiger partial charge in [0.2, 0.25) is 0 Å². The molecule has 2 atom stereocenters. The summed E-state index contributed by atoms with van der Waals surface area (Å²) in [5, 5.41) is 3.65. The van der Waals surface area contributed by atoms with Crippen LogP contribution in [0.4, 0.5) is 0 Å². The van der Waals surface area contributed by atoms with E-state index < -0.39 is 0 Å². The van der Waals surface area contributed by atoms with Crippen LogP contribution in [0.15, 0.2) is 18.2 Å². The summed E-state index contributed by atoms with van der Waals surface area (Å²) >= 11 is 0. The molecule has 1 aromatic rings. The van der Waals surface area contributed by atoms with Crippen molar-refractivity contribution in [1.29, 1.82) is 0 Å². The molecule has 1 aromatic carbocycles. The Labute approximate surface area is 129 Å². The van der Waals surface area contributed by atoms with E-state index in [1.54, 1.807) is 7.11 Å². The molecule has 1 heterocycles. The number of nitrogens with zero attached hydrogens (tertiary/aromatic N) is 1. The molecule has 2 rings (SSSR count). The minimum Gasteiger partial charge on any atom is -0.496 e. The molecule has 1 aliphatic rings. The molecule has 1 N–H and O–H groups in total. The molecule has 1 fully saturated rings. The van der Waals surface area contributed by atoms with Crippen molar-refractivity contribution in [2.24, 2.45) is 0 Å². The zero-order valence-corrected chi connectivity index (χ0v) is 14.0. The molecule has 3 heteroatoms. The molecule has 0 radical (unpaired) electrons. The summed E-state index contributed by atoms with van der Waals surface area (Å²) in [5.41, 5.74) is 2.58. The van der Waals surface area contributed by atoms with Crippen LogP contribution in [-0.4, -0.2) is 37.7 Å². The molecule has 0 spiro atoms. The SMILES string of the molecule is CCNC(CN1CCCCC1C)c1cc(C)ccc1OC. The van der Waals surface area contributed by atoms with Crippen molar-refractivity contribution in [3.05, 3.63) is 29.3 Å². The highest BCUT2D eigenvalue weighted by molar-refractivity contribution is 5.39. The van der Waals surface area contributed by atoms with Crippen molar-refractivity contribution in [3.8, 4) is 5.75 Å². The standard InChI is InChI=1S/C18H30N2O/c1-5-19-17(13-20-11-7-6-8-15(20)3)16-12-14(2)9-10-18(16)21-4/h9-10,12,15,17,19H,5-8,11,13H2,1-4H3. The molecule has 0 aliphatic carbocycles. The number of aryl methyl sites for hydroxylation is 1. The lowest BCUT2D eigenvalue weighted by Crippen LogP contribution is -2.43. The fourth-order valence-electron chi connectivity index (χ4n) is 3.31. The minimum absolute atomic E-state index is 0.338. The van der Waals surface area contributed by atoms with Crippen LogP contribution < -0.4 is 10.1 Å². The average Bonchev–Trinajstić information content (AvgIpc) is 2.49. The fraction of sp³-hybridized carbons (Fsp3) is 0.667. The summed E-state index contributed by atoms with van der Waals surface area (Å²) in [5.74, 6) is 0.996. The van der Waals surface area contributed by atoms with E-state index in [0.717, 1.165) is 18.8 Å². The minimum atomic E-state index is 0.338. The quantitative estimate of drug-likeness (QED) is 0.867. The fourth-order valence-corrected chi connectivity index (χ4v) is 3.31. The van der Waals surface area contributed by atoms with E-state index in [0.29, 0.717) is 12.1 Å². The van der Waals surface area contributed by atoms with E-state index in [1.165, 1.54) is 36.9 Å². The number of ether oxygens (including phenoxy) is 1. The first-order chi connectivity index (χ1) is 10.2. The monoisotopic (exact) mass is 290 g/mol. The molecule has 0 amide bonds. The van der Waals surface area contributed by atoms with Crippen LogP contribution in [0.2, 0.25) is 0 Å². The van der Waals surface area contributed by atoms with E-state index >= 15 is 0 Å². The van der Waals surface area contributed by atoms with Gasteiger partial charge in [-0.2, -0.15) is 0 Å². The van der Waals surface area contributed by atoms with Crippen LogP contribution in [0, 0.1) is 6.92 Å². The number of rotatable bonds is 6. The Morgan fingerprint density at radius 3 is 2.86 bits per heavy atom. The third-order valence-electron chi connectivity index (χ3n) is 4.57. The van der Waals surface area contributed by atoms with Crippen LogP contribution in [0.1, 0.15) is 50.3 Å². The lowest BCUT2D eigenvalue weighted by Gasteiger charge is -2.36.